The van der Waals surface area contributed by atoms with Crippen molar-refractivity contribution in [1.29, 1.82) is 0 Å². The van der Waals surface area contributed by atoms with E-state index in [0.717, 1.165) is 12.6 Å². The first-order valence-corrected chi connectivity index (χ1v) is 5.71. The Bertz CT molecular complexity index is 382. The molecule has 0 aliphatic carbocycles. The first-order chi connectivity index (χ1) is 7.61. The van der Waals surface area contributed by atoms with Crippen LogP contribution in [0.25, 0.3) is 0 Å². The average molecular weight is 293 g/mol. The predicted molar refractivity (Wildman–Crippen MR) is 59.3 cm³/mol. The number of hydrogen-bond acceptors (Lipinski definition) is 3. The molecule has 3 nitrogen and oxygen atoms in total. The van der Waals surface area contributed by atoms with Gasteiger partial charge >= 0.3 is 0 Å². The molecule has 1 aromatic carbocycles. The quantitative estimate of drug-likeness (QED) is 0.690. The van der Waals surface area contributed by atoms with Gasteiger partial charge in [0.15, 0.2) is 11.6 Å². The molecule has 1 heterocycles. The summed E-state index contributed by atoms with van der Waals surface area (Å²) in [5.41, 5.74) is -0.0286. The van der Waals surface area contributed by atoms with Crippen molar-refractivity contribution in [2.45, 2.75) is 6.04 Å². The highest BCUT2D eigenvalue weighted by molar-refractivity contribution is 9.10. The minimum absolute atomic E-state index is 0.0286. The Balaban J connectivity index is 2.45. The number of piperazine rings is 1. The Kier molecular flexibility index (Phi) is 3.41. The van der Waals surface area contributed by atoms with Gasteiger partial charge in [-0.3, -0.25) is 0 Å². The minimum atomic E-state index is -0.998. The Hall–Kier alpha value is -0.720. The number of halogens is 3. The summed E-state index contributed by atoms with van der Waals surface area (Å²) in [5.74, 6) is -2.21. The summed E-state index contributed by atoms with van der Waals surface area (Å²) in [7, 11) is 0. The van der Waals surface area contributed by atoms with E-state index in [1.165, 1.54) is 0 Å². The number of phenolic OH excluding ortho intramolecular Hbond substituents is 1. The fraction of sp³-hybridized carbons (Fsp3) is 0.400. The summed E-state index contributed by atoms with van der Waals surface area (Å²) in [6.07, 6.45) is 0. The van der Waals surface area contributed by atoms with Crippen molar-refractivity contribution in [3.8, 4) is 5.75 Å². The molecule has 0 amide bonds. The van der Waals surface area contributed by atoms with E-state index in [-0.39, 0.29) is 15.8 Å². The zero-order chi connectivity index (χ0) is 11.7. The average Bonchev–Trinajstić information content (AvgIpc) is 2.28. The normalized spacial score (nSPS) is 21.1. The highest BCUT2D eigenvalue weighted by atomic mass is 79.9. The van der Waals surface area contributed by atoms with Gasteiger partial charge in [0.2, 0.25) is 0 Å². The van der Waals surface area contributed by atoms with Crippen LogP contribution in [0.4, 0.5) is 8.78 Å². The topological polar surface area (TPSA) is 44.3 Å². The van der Waals surface area contributed by atoms with E-state index in [0.29, 0.717) is 13.1 Å². The maximum Gasteiger partial charge on any atom is 0.167 e. The maximum absolute atomic E-state index is 13.6. The van der Waals surface area contributed by atoms with Crippen LogP contribution in [0.5, 0.6) is 5.75 Å². The second-order valence-corrected chi connectivity index (χ2v) is 4.48. The first-order valence-electron chi connectivity index (χ1n) is 4.91. The van der Waals surface area contributed by atoms with Crippen LogP contribution in [-0.4, -0.2) is 24.7 Å². The predicted octanol–water partition coefficient (Wildman–Crippen LogP) is 1.67. The molecule has 1 fully saturated rings. The van der Waals surface area contributed by atoms with Gasteiger partial charge in [0.25, 0.3) is 0 Å². The minimum Gasteiger partial charge on any atom is -0.506 e. The third-order valence-electron chi connectivity index (χ3n) is 2.57. The van der Waals surface area contributed by atoms with Crippen LogP contribution in [-0.2, 0) is 0 Å². The van der Waals surface area contributed by atoms with E-state index in [9.17, 15) is 13.9 Å². The van der Waals surface area contributed by atoms with Crippen molar-refractivity contribution in [1.82, 2.24) is 10.6 Å². The summed E-state index contributed by atoms with van der Waals surface area (Å²) < 4.78 is 27.0. The van der Waals surface area contributed by atoms with Gasteiger partial charge in [0.1, 0.15) is 5.75 Å². The largest absolute Gasteiger partial charge is 0.506 e. The van der Waals surface area contributed by atoms with Gasteiger partial charge in [-0.1, -0.05) is 0 Å². The molecule has 2 rings (SSSR count). The lowest BCUT2D eigenvalue weighted by molar-refractivity contribution is 0.377. The molecular weight excluding hydrogens is 282 g/mol. The molecular formula is C10H11BrF2N2O. The Morgan fingerprint density at radius 2 is 2.12 bits per heavy atom. The zero-order valence-corrected chi connectivity index (χ0v) is 9.94. The molecule has 0 saturated carbocycles. The van der Waals surface area contributed by atoms with Crippen molar-refractivity contribution in [3.63, 3.8) is 0 Å². The number of rotatable bonds is 1. The molecule has 0 unspecified atom stereocenters. The molecule has 3 N–H and O–H groups in total. The summed E-state index contributed by atoms with van der Waals surface area (Å²) in [4.78, 5) is 0. The smallest absolute Gasteiger partial charge is 0.167 e. The number of phenols is 1. The molecule has 1 atom stereocenters. The van der Waals surface area contributed by atoms with Crippen LogP contribution >= 0.6 is 15.9 Å². The van der Waals surface area contributed by atoms with Gasteiger partial charge in [-0.25, -0.2) is 8.78 Å². The van der Waals surface area contributed by atoms with Gasteiger partial charge in [-0.2, -0.15) is 0 Å². The number of benzene rings is 1. The number of hydrogen-bond donors (Lipinski definition) is 3. The van der Waals surface area contributed by atoms with Gasteiger partial charge in [0.05, 0.1) is 16.1 Å². The second-order valence-electron chi connectivity index (χ2n) is 3.63. The molecule has 1 aliphatic heterocycles. The van der Waals surface area contributed by atoms with Crippen LogP contribution in [0.15, 0.2) is 10.5 Å². The number of aromatic hydroxyl groups is 1. The van der Waals surface area contributed by atoms with Crippen molar-refractivity contribution in [2.75, 3.05) is 19.6 Å². The third kappa shape index (κ3) is 2.05. The van der Waals surface area contributed by atoms with E-state index in [1.807, 2.05) is 0 Å². The maximum atomic E-state index is 13.6. The molecule has 0 radical (unpaired) electrons. The van der Waals surface area contributed by atoms with Crippen LogP contribution in [0.2, 0.25) is 0 Å². The van der Waals surface area contributed by atoms with Crippen LogP contribution < -0.4 is 10.6 Å². The van der Waals surface area contributed by atoms with Crippen LogP contribution in [0.3, 0.4) is 0 Å². The molecule has 1 aliphatic rings. The molecule has 1 aromatic rings. The monoisotopic (exact) mass is 292 g/mol. The van der Waals surface area contributed by atoms with Crippen LogP contribution in [0.1, 0.15) is 11.6 Å². The summed E-state index contributed by atoms with van der Waals surface area (Å²) in [5, 5.41) is 15.8. The van der Waals surface area contributed by atoms with Gasteiger partial charge in [-0.05, 0) is 22.0 Å². The summed E-state index contributed by atoms with van der Waals surface area (Å²) >= 11 is 2.99. The fourth-order valence-corrected chi connectivity index (χ4v) is 2.19. The SMILES string of the molecule is Oc1c(Br)cc(F)c(F)c1[C@H]1CNCCN1. The van der Waals surface area contributed by atoms with Gasteiger partial charge < -0.3 is 15.7 Å². The highest BCUT2D eigenvalue weighted by Crippen LogP contribution is 2.35. The molecule has 16 heavy (non-hydrogen) atoms. The van der Waals surface area contributed by atoms with E-state index in [4.69, 9.17) is 0 Å². The lowest BCUT2D eigenvalue weighted by Crippen LogP contribution is -2.43. The standard InChI is InChI=1S/C10H11BrF2N2O/c11-5-3-6(12)9(13)8(10(5)16)7-4-14-1-2-15-7/h3,7,14-16H,1-2,4H2/t7-/m1/s1. The fourth-order valence-electron chi connectivity index (χ4n) is 1.78. The highest BCUT2D eigenvalue weighted by Gasteiger charge is 2.25. The second kappa shape index (κ2) is 4.65. The van der Waals surface area contributed by atoms with Crippen LogP contribution in [0, 0.1) is 11.6 Å². The molecule has 1 saturated heterocycles. The molecule has 6 heteroatoms. The van der Waals surface area contributed by atoms with Gasteiger partial charge in [0, 0.05) is 19.6 Å². The molecule has 0 spiro atoms. The number of nitrogens with one attached hydrogen (secondary N) is 2. The van der Waals surface area contributed by atoms with Crippen molar-refractivity contribution < 1.29 is 13.9 Å². The van der Waals surface area contributed by atoms with Crippen molar-refractivity contribution >= 4 is 15.9 Å². The summed E-state index contributed by atoms with van der Waals surface area (Å²) in [6.45, 7) is 1.88. The van der Waals surface area contributed by atoms with E-state index in [1.54, 1.807) is 0 Å². The Morgan fingerprint density at radius 3 is 2.75 bits per heavy atom. The summed E-state index contributed by atoms with van der Waals surface area (Å²) in [6, 6.07) is 0.505. The Morgan fingerprint density at radius 1 is 1.38 bits per heavy atom. The van der Waals surface area contributed by atoms with E-state index in [2.05, 4.69) is 26.6 Å². The Labute approximate surface area is 100.0 Å². The van der Waals surface area contributed by atoms with Crippen molar-refractivity contribution in [2.24, 2.45) is 0 Å². The first kappa shape index (κ1) is 11.8. The van der Waals surface area contributed by atoms with E-state index < -0.39 is 17.7 Å². The lowest BCUT2D eigenvalue weighted by Gasteiger charge is -2.26. The molecule has 88 valence electrons. The van der Waals surface area contributed by atoms with Crippen molar-refractivity contribution in [3.05, 3.63) is 27.7 Å². The lowest BCUT2D eigenvalue weighted by atomic mass is 10.0. The van der Waals surface area contributed by atoms with E-state index >= 15 is 0 Å². The zero-order valence-electron chi connectivity index (χ0n) is 8.36. The molecule has 0 bridgehead atoms. The van der Waals surface area contributed by atoms with Gasteiger partial charge in [-0.15, -0.1) is 0 Å². The molecule has 0 aromatic heterocycles. The third-order valence-corrected chi connectivity index (χ3v) is 3.17.